The number of nitrogens with one attached hydrogen (secondary N) is 1. The summed E-state index contributed by atoms with van der Waals surface area (Å²) in [6, 6.07) is 9.54. The third-order valence-electron chi connectivity index (χ3n) is 3.65. The predicted octanol–water partition coefficient (Wildman–Crippen LogP) is 2.71. The highest BCUT2D eigenvalue weighted by Crippen LogP contribution is 2.23. The first-order chi connectivity index (χ1) is 11.7. The van der Waals surface area contributed by atoms with E-state index in [-0.39, 0.29) is 11.7 Å². The molecule has 1 saturated heterocycles. The lowest BCUT2D eigenvalue weighted by molar-refractivity contribution is -0.111. The molecule has 24 heavy (non-hydrogen) atoms. The minimum absolute atomic E-state index is 0.262. The number of benzene rings is 1. The summed E-state index contributed by atoms with van der Waals surface area (Å²) in [7, 11) is 0. The summed E-state index contributed by atoms with van der Waals surface area (Å²) in [4.78, 5) is 18.6. The number of hydrogen-bond acceptors (Lipinski definition) is 4. The van der Waals surface area contributed by atoms with Gasteiger partial charge in [-0.05, 0) is 35.9 Å². The molecule has 3 rings (SSSR count). The Bertz CT molecular complexity index is 725. The second-order valence-electron chi connectivity index (χ2n) is 5.35. The van der Waals surface area contributed by atoms with Gasteiger partial charge in [0.1, 0.15) is 5.82 Å². The Balaban J connectivity index is 1.69. The van der Waals surface area contributed by atoms with E-state index in [1.807, 2.05) is 6.07 Å². The first-order valence-corrected chi connectivity index (χ1v) is 7.75. The number of morpholine rings is 1. The van der Waals surface area contributed by atoms with Gasteiger partial charge < -0.3 is 15.0 Å². The number of aromatic nitrogens is 1. The molecule has 0 aliphatic carbocycles. The molecule has 1 amide bonds. The van der Waals surface area contributed by atoms with Gasteiger partial charge in [0.2, 0.25) is 5.91 Å². The van der Waals surface area contributed by atoms with Crippen LogP contribution in [0.15, 0.2) is 48.7 Å². The molecule has 0 radical (unpaired) electrons. The molecule has 5 nitrogen and oxygen atoms in total. The van der Waals surface area contributed by atoms with Gasteiger partial charge in [-0.2, -0.15) is 0 Å². The number of nitrogens with zero attached hydrogens (tertiary/aromatic N) is 2. The first-order valence-electron chi connectivity index (χ1n) is 7.75. The van der Waals surface area contributed by atoms with E-state index in [9.17, 15) is 9.18 Å². The number of carbonyl (C=O) groups is 1. The smallest absolute Gasteiger partial charge is 0.248 e. The topological polar surface area (TPSA) is 54.5 Å². The van der Waals surface area contributed by atoms with Crippen molar-refractivity contribution in [2.24, 2.45) is 0 Å². The number of pyridine rings is 1. The molecular weight excluding hydrogens is 309 g/mol. The van der Waals surface area contributed by atoms with E-state index in [4.69, 9.17) is 4.74 Å². The lowest BCUT2D eigenvalue weighted by Crippen LogP contribution is -2.37. The number of hydrogen-bond donors (Lipinski definition) is 1. The van der Waals surface area contributed by atoms with Crippen LogP contribution >= 0.6 is 0 Å². The maximum atomic E-state index is 12.9. The molecule has 1 N–H and O–H groups in total. The molecule has 0 atom stereocenters. The van der Waals surface area contributed by atoms with Crippen molar-refractivity contribution in [3.8, 4) is 0 Å². The van der Waals surface area contributed by atoms with Gasteiger partial charge >= 0.3 is 0 Å². The van der Waals surface area contributed by atoms with Crippen molar-refractivity contribution in [3.05, 3.63) is 60.1 Å². The van der Waals surface area contributed by atoms with Gasteiger partial charge in [-0.3, -0.25) is 4.79 Å². The molecular formula is C18H18FN3O2. The second-order valence-corrected chi connectivity index (χ2v) is 5.35. The van der Waals surface area contributed by atoms with Crippen molar-refractivity contribution in [2.45, 2.75) is 0 Å². The van der Waals surface area contributed by atoms with Crippen molar-refractivity contribution < 1.29 is 13.9 Å². The number of anilines is 2. The molecule has 6 heteroatoms. The third-order valence-corrected chi connectivity index (χ3v) is 3.65. The van der Waals surface area contributed by atoms with Crippen LogP contribution in [-0.2, 0) is 9.53 Å². The molecule has 1 aromatic heterocycles. The van der Waals surface area contributed by atoms with E-state index in [0.29, 0.717) is 18.9 Å². The van der Waals surface area contributed by atoms with Crippen LogP contribution < -0.4 is 10.2 Å². The van der Waals surface area contributed by atoms with Gasteiger partial charge in [-0.1, -0.05) is 12.1 Å². The summed E-state index contributed by atoms with van der Waals surface area (Å²) >= 11 is 0. The van der Waals surface area contributed by atoms with Crippen molar-refractivity contribution in [2.75, 3.05) is 36.5 Å². The molecule has 124 valence electrons. The van der Waals surface area contributed by atoms with Gasteiger partial charge in [0.15, 0.2) is 5.82 Å². The van der Waals surface area contributed by atoms with E-state index >= 15 is 0 Å². The summed E-state index contributed by atoms with van der Waals surface area (Å²) in [5, 5.41) is 2.84. The number of ether oxygens (including phenoxy) is 1. The third kappa shape index (κ3) is 4.17. The molecule has 2 heterocycles. The zero-order valence-corrected chi connectivity index (χ0v) is 13.1. The summed E-state index contributed by atoms with van der Waals surface area (Å²) in [6.45, 7) is 2.78. The van der Waals surface area contributed by atoms with Gasteiger partial charge in [-0.15, -0.1) is 0 Å². The van der Waals surface area contributed by atoms with Gasteiger partial charge in [0.05, 0.1) is 18.9 Å². The first kappa shape index (κ1) is 16.1. The van der Waals surface area contributed by atoms with E-state index in [0.717, 1.165) is 24.5 Å². The lowest BCUT2D eigenvalue weighted by atomic mass is 10.2. The Hall–Kier alpha value is -2.73. The van der Waals surface area contributed by atoms with Crippen LogP contribution in [0.5, 0.6) is 0 Å². The van der Waals surface area contributed by atoms with E-state index in [1.54, 1.807) is 30.5 Å². The van der Waals surface area contributed by atoms with Crippen LogP contribution in [0.4, 0.5) is 15.9 Å². The van der Waals surface area contributed by atoms with Crippen LogP contribution in [0.25, 0.3) is 6.08 Å². The second kappa shape index (κ2) is 7.70. The van der Waals surface area contributed by atoms with E-state index in [1.165, 1.54) is 18.2 Å². The largest absolute Gasteiger partial charge is 0.378 e. The fourth-order valence-electron chi connectivity index (χ4n) is 2.44. The van der Waals surface area contributed by atoms with Gasteiger partial charge in [0.25, 0.3) is 0 Å². The van der Waals surface area contributed by atoms with E-state index in [2.05, 4.69) is 15.2 Å². The lowest BCUT2D eigenvalue weighted by Gasteiger charge is -2.29. The minimum Gasteiger partial charge on any atom is -0.378 e. The zero-order valence-electron chi connectivity index (χ0n) is 13.1. The average molecular weight is 327 g/mol. The Kier molecular flexibility index (Phi) is 5.18. The molecule has 0 saturated carbocycles. The molecule has 1 aliphatic heterocycles. The molecule has 0 spiro atoms. The van der Waals surface area contributed by atoms with Crippen molar-refractivity contribution in [1.29, 1.82) is 0 Å². The molecule has 2 aromatic rings. The summed E-state index contributed by atoms with van der Waals surface area (Å²) < 4.78 is 18.2. The molecule has 1 fully saturated rings. The molecule has 0 bridgehead atoms. The predicted molar refractivity (Wildman–Crippen MR) is 91.3 cm³/mol. The monoisotopic (exact) mass is 327 g/mol. The highest BCUT2D eigenvalue weighted by atomic mass is 19.1. The Morgan fingerprint density at radius 2 is 1.96 bits per heavy atom. The highest BCUT2D eigenvalue weighted by molar-refractivity contribution is 6.03. The van der Waals surface area contributed by atoms with Gasteiger partial charge in [0, 0.05) is 25.4 Å². The van der Waals surface area contributed by atoms with Gasteiger partial charge in [-0.25, -0.2) is 9.37 Å². The number of amides is 1. The maximum Gasteiger partial charge on any atom is 0.248 e. The SMILES string of the molecule is O=C(/C=C/c1ccc(F)cc1)Nc1cccnc1N1CCOCC1. The highest BCUT2D eigenvalue weighted by Gasteiger charge is 2.16. The molecule has 1 aromatic carbocycles. The van der Waals surface area contributed by atoms with Crippen LogP contribution in [0.1, 0.15) is 5.56 Å². The average Bonchev–Trinajstić information content (AvgIpc) is 2.62. The number of rotatable bonds is 4. The van der Waals surface area contributed by atoms with E-state index < -0.39 is 0 Å². The minimum atomic E-state index is -0.304. The Morgan fingerprint density at radius 1 is 1.21 bits per heavy atom. The van der Waals surface area contributed by atoms with Crippen LogP contribution in [-0.4, -0.2) is 37.2 Å². The van der Waals surface area contributed by atoms with Crippen molar-refractivity contribution in [3.63, 3.8) is 0 Å². The quantitative estimate of drug-likeness (QED) is 0.877. The van der Waals surface area contributed by atoms with Crippen LogP contribution in [0.2, 0.25) is 0 Å². The van der Waals surface area contributed by atoms with Crippen molar-refractivity contribution in [1.82, 2.24) is 4.98 Å². The molecule has 0 unspecified atom stereocenters. The fourth-order valence-corrected chi connectivity index (χ4v) is 2.44. The fraction of sp³-hybridized carbons (Fsp3) is 0.222. The maximum absolute atomic E-state index is 12.9. The Labute approximate surface area is 139 Å². The summed E-state index contributed by atoms with van der Waals surface area (Å²) in [5.74, 6) is 0.174. The molecule has 1 aliphatic rings. The normalized spacial score (nSPS) is 14.8. The van der Waals surface area contributed by atoms with Crippen LogP contribution in [0.3, 0.4) is 0 Å². The standard InChI is InChI=1S/C18H18FN3O2/c19-15-6-3-14(4-7-15)5-8-17(23)21-16-2-1-9-20-18(16)22-10-12-24-13-11-22/h1-9H,10-13H2,(H,21,23)/b8-5+. The Morgan fingerprint density at radius 3 is 2.71 bits per heavy atom. The number of halogens is 1. The summed E-state index contributed by atoms with van der Waals surface area (Å²) in [6.07, 6.45) is 4.76. The summed E-state index contributed by atoms with van der Waals surface area (Å²) in [5.41, 5.74) is 1.42. The number of carbonyl (C=O) groups excluding carboxylic acids is 1. The van der Waals surface area contributed by atoms with Crippen LogP contribution in [0, 0.1) is 5.82 Å². The van der Waals surface area contributed by atoms with Crippen molar-refractivity contribution >= 4 is 23.5 Å². The zero-order chi connectivity index (χ0) is 16.8.